The zero-order chi connectivity index (χ0) is 18.2. The molecule has 1 saturated heterocycles. The summed E-state index contributed by atoms with van der Waals surface area (Å²) in [7, 11) is 0. The van der Waals surface area contributed by atoms with Crippen LogP contribution in [0.4, 0.5) is 0 Å². The highest BCUT2D eigenvalue weighted by atomic mass is 16.5. The second-order valence-corrected chi connectivity index (χ2v) is 5.76. The summed E-state index contributed by atoms with van der Waals surface area (Å²) in [6.45, 7) is 2.30. The van der Waals surface area contributed by atoms with Crippen molar-refractivity contribution in [2.75, 3.05) is 32.9 Å². The van der Waals surface area contributed by atoms with Gasteiger partial charge < -0.3 is 14.4 Å². The number of aromatic nitrogens is 1. The number of allylic oxidation sites excluding steroid dienone is 1. The first kappa shape index (κ1) is 17.8. The minimum Gasteiger partial charge on any atom is -0.484 e. The van der Waals surface area contributed by atoms with Gasteiger partial charge in [-0.15, -0.1) is 0 Å². The molecular weight excluding hydrogens is 332 g/mol. The predicted molar refractivity (Wildman–Crippen MR) is 96.9 cm³/mol. The summed E-state index contributed by atoms with van der Waals surface area (Å²) >= 11 is 0. The Kier molecular flexibility index (Phi) is 6.11. The van der Waals surface area contributed by atoms with Crippen molar-refractivity contribution in [1.29, 1.82) is 0 Å². The lowest BCUT2D eigenvalue weighted by molar-refractivity contribution is -0.137. The molecule has 0 saturated carbocycles. The van der Waals surface area contributed by atoms with E-state index in [1.54, 1.807) is 41.4 Å². The van der Waals surface area contributed by atoms with Gasteiger partial charge >= 0.3 is 0 Å². The van der Waals surface area contributed by atoms with Crippen LogP contribution in [0.2, 0.25) is 0 Å². The van der Waals surface area contributed by atoms with Gasteiger partial charge in [-0.1, -0.05) is 6.07 Å². The van der Waals surface area contributed by atoms with E-state index < -0.39 is 0 Å². The first-order valence-electron chi connectivity index (χ1n) is 8.44. The Balaban J connectivity index is 1.52. The van der Waals surface area contributed by atoms with E-state index in [4.69, 9.17) is 9.47 Å². The molecule has 1 aromatic heterocycles. The van der Waals surface area contributed by atoms with Gasteiger partial charge in [0.2, 0.25) is 0 Å². The number of benzene rings is 1. The number of carbonyl (C=O) groups excluding carboxylic acids is 2. The number of ketones is 1. The van der Waals surface area contributed by atoms with Crippen LogP contribution in [-0.4, -0.2) is 54.5 Å². The van der Waals surface area contributed by atoms with Crippen molar-refractivity contribution in [2.24, 2.45) is 0 Å². The van der Waals surface area contributed by atoms with Gasteiger partial charge in [0.25, 0.3) is 5.91 Å². The van der Waals surface area contributed by atoms with Crippen molar-refractivity contribution in [3.8, 4) is 5.75 Å². The molecule has 1 amide bonds. The van der Waals surface area contributed by atoms with Crippen molar-refractivity contribution < 1.29 is 19.1 Å². The maximum atomic E-state index is 12.2. The van der Waals surface area contributed by atoms with Crippen LogP contribution in [0.5, 0.6) is 5.75 Å². The van der Waals surface area contributed by atoms with Gasteiger partial charge in [0.15, 0.2) is 12.4 Å². The van der Waals surface area contributed by atoms with Crippen molar-refractivity contribution >= 4 is 17.8 Å². The van der Waals surface area contributed by atoms with Gasteiger partial charge in [-0.05, 0) is 48.6 Å². The van der Waals surface area contributed by atoms with Crippen LogP contribution in [0.1, 0.15) is 16.1 Å². The standard InChI is InChI=1S/C20H20N2O4/c23-19(9-6-17-3-1-2-10-21-17)16-4-7-18(8-5-16)26-15-20(24)22-11-13-25-14-12-22/h1-10H,11-15H2/b9-6+. The Morgan fingerprint density at radius 2 is 1.88 bits per heavy atom. The molecule has 2 heterocycles. The van der Waals surface area contributed by atoms with Crippen LogP contribution >= 0.6 is 0 Å². The Labute approximate surface area is 152 Å². The zero-order valence-corrected chi connectivity index (χ0v) is 14.3. The first-order chi connectivity index (χ1) is 12.7. The molecule has 2 aromatic rings. The molecule has 1 aliphatic rings. The smallest absolute Gasteiger partial charge is 0.260 e. The van der Waals surface area contributed by atoms with Gasteiger partial charge in [-0.2, -0.15) is 0 Å². The number of hydrogen-bond donors (Lipinski definition) is 0. The Morgan fingerprint density at radius 3 is 2.58 bits per heavy atom. The zero-order valence-electron chi connectivity index (χ0n) is 14.3. The number of carbonyl (C=O) groups is 2. The Hall–Kier alpha value is -2.99. The van der Waals surface area contributed by atoms with Crippen molar-refractivity contribution in [3.63, 3.8) is 0 Å². The summed E-state index contributed by atoms with van der Waals surface area (Å²) in [6.07, 6.45) is 4.84. The first-order valence-corrected chi connectivity index (χ1v) is 8.44. The van der Waals surface area contributed by atoms with Crippen molar-refractivity contribution in [2.45, 2.75) is 0 Å². The Bertz CT molecular complexity index is 766. The highest BCUT2D eigenvalue weighted by Gasteiger charge is 2.17. The van der Waals surface area contributed by atoms with E-state index in [0.717, 1.165) is 5.69 Å². The van der Waals surface area contributed by atoms with Gasteiger partial charge in [0, 0.05) is 24.8 Å². The molecule has 0 atom stereocenters. The highest BCUT2D eigenvalue weighted by molar-refractivity contribution is 6.06. The van der Waals surface area contributed by atoms with E-state index in [-0.39, 0.29) is 18.3 Å². The van der Waals surface area contributed by atoms with Crippen molar-refractivity contribution in [1.82, 2.24) is 9.88 Å². The molecule has 0 spiro atoms. The number of ether oxygens (including phenoxy) is 2. The minimum atomic E-state index is -0.119. The summed E-state index contributed by atoms with van der Waals surface area (Å²) < 4.78 is 10.7. The number of nitrogens with zero attached hydrogens (tertiary/aromatic N) is 2. The van der Waals surface area contributed by atoms with Gasteiger partial charge in [0.05, 0.1) is 18.9 Å². The van der Waals surface area contributed by atoms with E-state index in [2.05, 4.69) is 4.98 Å². The van der Waals surface area contributed by atoms with Crippen LogP contribution < -0.4 is 4.74 Å². The monoisotopic (exact) mass is 352 g/mol. The third-order valence-electron chi connectivity index (χ3n) is 3.96. The molecule has 6 nitrogen and oxygen atoms in total. The Morgan fingerprint density at radius 1 is 1.12 bits per heavy atom. The summed E-state index contributed by atoms with van der Waals surface area (Å²) in [6, 6.07) is 12.2. The fourth-order valence-corrected chi connectivity index (χ4v) is 2.50. The average molecular weight is 352 g/mol. The molecule has 0 aliphatic carbocycles. The second kappa shape index (κ2) is 8.92. The van der Waals surface area contributed by atoms with E-state index in [1.165, 1.54) is 6.08 Å². The van der Waals surface area contributed by atoms with Crippen molar-refractivity contribution in [3.05, 3.63) is 66.0 Å². The van der Waals surface area contributed by atoms with Crippen LogP contribution in [-0.2, 0) is 9.53 Å². The quantitative estimate of drug-likeness (QED) is 0.589. The van der Waals surface area contributed by atoms with E-state index in [1.807, 2.05) is 18.2 Å². The summed E-state index contributed by atoms with van der Waals surface area (Å²) in [5.74, 6) is 0.371. The number of pyridine rings is 1. The van der Waals surface area contributed by atoms with Crippen LogP contribution in [0.25, 0.3) is 6.08 Å². The molecule has 1 fully saturated rings. The number of amides is 1. The van der Waals surface area contributed by atoms with Crippen LogP contribution in [0.3, 0.4) is 0 Å². The maximum absolute atomic E-state index is 12.2. The third kappa shape index (κ3) is 5.00. The largest absolute Gasteiger partial charge is 0.484 e. The van der Waals surface area contributed by atoms with E-state index >= 15 is 0 Å². The van der Waals surface area contributed by atoms with Crippen LogP contribution in [0, 0.1) is 0 Å². The third-order valence-corrected chi connectivity index (χ3v) is 3.96. The molecule has 6 heteroatoms. The molecule has 1 aromatic carbocycles. The predicted octanol–water partition coefficient (Wildman–Crippen LogP) is 2.22. The minimum absolute atomic E-state index is 0.0210. The number of morpholine rings is 1. The molecule has 26 heavy (non-hydrogen) atoms. The van der Waals surface area contributed by atoms with Gasteiger partial charge in [-0.3, -0.25) is 14.6 Å². The lowest BCUT2D eigenvalue weighted by Gasteiger charge is -2.26. The van der Waals surface area contributed by atoms with Gasteiger partial charge in [-0.25, -0.2) is 0 Å². The fraction of sp³-hybridized carbons (Fsp3) is 0.250. The summed E-state index contributed by atoms with van der Waals surface area (Å²) in [5, 5.41) is 0. The molecule has 0 radical (unpaired) electrons. The summed E-state index contributed by atoms with van der Waals surface area (Å²) in [4.78, 5) is 30.1. The molecule has 3 rings (SSSR count). The second-order valence-electron chi connectivity index (χ2n) is 5.76. The topological polar surface area (TPSA) is 68.7 Å². The van der Waals surface area contributed by atoms with Gasteiger partial charge in [0.1, 0.15) is 5.75 Å². The normalized spacial score (nSPS) is 14.4. The molecule has 0 bridgehead atoms. The average Bonchev–Trinajstić information content (AvgIpc) is 2.72. The maximum Gasteiger partial charge on any atom is 0.260 e. The molecule has 0 N–H and O–H groups in total. The molecule has 0 unspecified atom stereocenters. The lowest BCUT2D eigenvalue weighted by Crippen LogP contribution is -2.42. The SMILES string of the molecule is O=C(/C=C/c1ccccn1)c1ccc(OCC(=O)N2CCOCC2)cc1. The fourth-order valence-electron chi connectivity index (χ4n) is 2.50. The van der Waals surface area contributed by atoms with E-state index in [9.17, 15) is 9.59 Å². The van der Waals surface area contributed by atoms with E-state index in [0.29, 0.717) is 37.6 Å². The van der Waals surface area contributed by atoms with Crippen LogP contribution in [0.15, 0.2) is 54.7 Å². The summed E-state index contributed by atoms with van der Waals surface area (Å²) in [5.41, 5.74) is 1.27. The number of hydrogen-bond acceptors (Lipinski definition) is 5. The molecule has 134 valence electrons. The molecule has 1 aliphatic heterocycles. The highest BCUT2D eigenvalue weighted by Crippen LogP contribution is 2.14. The number of rotatable bonds is 6. The lowest BCUT2D eigenvalue weighted by atomic mass is 10.1. The molecular formula is C20H20N2O4.